The van der Waals surface area contributed by atoms with Crippen molar-refractivity contribution in [2.24, 2.45) is 5.41 Å². The molecule has 1 fully saturated rings. The maximum absolute atomic E-state index is 12.4. The van der Waals surface area contributed by atoms with Crippen LogP contribution in [0, 0.1) is 5.41 Å². The lowest BCUT2D eigenvalue weighted by molar-refractivity contribution is -0.0471. The molecule has 0 spiro atoms. The Labute approximate surface area is 179 Å². The molecule has 2 aromatic rings. The van der Waals surface area contributed by atoms with Crippen LogP contribution in [0.15, 0.2) is 40.1 Å². The van der Waals surface area contributed by atoms with Gasteiger partial charge in [0.15, 0.2) is 0 Å². The highest BCUT2D eigenvalue weighted by Crippen LogP contribution is 2.39. The molecule has 0 radical (unpaired) electrons. The van der Waals surface area contributed by atoms with E-state index >= 15 is 0 Å². The highest BCUT2D eigenvalue weighted by atomic mass is 35.5. The second-order valence-corrected chi connectivity index (χ2v) is 8.92. The third-order valence-corrected chi connectivity index (χ3v) is 5.46. The SMILES string of the molecule is CC(C)(C)C(OCc1cn([C@H]2C[C@H](O)[C@@H](CO)O2)c(=O)[nH]c1=O)c1ccccc1Cl. The van der Waals surface area contributed by atoms with Crippen LogP contribution in [-0.2, 0) is 16.1 Å². The molecule has 1 aliphatic heterocycles. The molecule has 1 aromatic heterocycles. The number of aliphatic hydroxyl groups excluding tert-OH is 2. The molecule has 1 aromatic carbocycles. The predicted octanol–water partition coefficient (Wildman–Crippen LogP) is 2.13. The summed E-state index contributed by atoms with van der Waals surface area (Å²) in [5.41, 5.74) is -0.469. The van der Waals surface area contributed by atoms with Crippen LogP contribution in [0.1, 0.15) is 50.7 Å². The number of hydrogen-bond donors (Lipinski definition) is 3. The van der Waals surface area contributed by atoms with E-state index in [-0.39, 0.29) is 30.6 Å². The Kier molecular flexibility index (Phi) is 6.84. The van der Waals surface area contributed by atoms with Crippen molar-refractivity contribution in [1.82, 2.24) is 9.55 Å². The summed E-state index contributed by atoms with van der Waals surface area (Å²) < 4.78 is 12.9. The fraction of sp³-hybridized carbons (Fsp3) is 0.524. The molecule has 1 aliphatic rings. The van der Waals surface area contributed by atoms with E-state index in [1.165, 1.54) is 10.8 Å². The van der Waals surface area contributed by atoms with Gasteiger partial charge in [-0.25, -0.2) is 4.79 Å². The molecule has 1 unspecified atom stereocenters. The number of aromatic nitrogens is 2. The number of hydrogen-bond acceptors (Lipinski definition) is 6. The number of benzene rings is 1. The van der Waals surface area contributed by atoms with Crippen molar-refractivity contribution in [2.45, 2.75) is 58.3 Å². The second kappa shape index (κ2) is 9.03. The van der Waals surface area contributed by atoms with Gasteiger partial charge in [-0.15, -0.1) is 0 Å². The molecule has 9 heteroatoms. The molecule has 3 N–H and O–H groups in total. The predicted molar refractivity (Wildman–Crippen MR) is 111 cm³/mol. The van der Waals surface area contributed by atoms with Gasteiger partial charge in [-0.3, -0.25) is 14.3 Å². The summed E-state index contributed by atoms with van der Waals surface area (Å²) in [7, 11) is 0. The summed E-state index contributed by atoms with van der Waals surface area (Å²) in [6.07, 6.45) is -1.36. The molecule has 30 heavy (non-hydrogen) atoms. The molecule has 1 saturated heterocycles. The zero-order valence-electron chi connectivity index (χ0n) is 17.2. The molecule has 2 heterocycles. The van der Waals surface area contributed by atoms with E-state index in [1.54, 1.807) is 6.07 Å². The van der Waals surface area contributed by atoms with Gasteiger partial charge in [0.05, 0.1) is 31.0 Å². The first kappa shape index (κ1) is 22.7. The summed E-state index contributed by atoms with van der Waals surface area (Å²) in [5, 5.41) is 19.8. The monoisotopic (exact) mass is 438 g/mol. The average Bonchev–Trinajstić information content (AvgIpc) is 3.04. The Hall–Kier alpha value is -1.97. The van der Waals surface area contributed by atoms with Crippen LogP contribution in [0.4, 0.5) is 0 Å². The number of aliphatic hydroxyl groups is 2. The van der Waals surface area contributed by atoms with Gasteiger partial charge >= 0.3 is 5.69 Å². The number of aromatic amines is 1. The average molecular weight is 439 g/mol. The lowest BCUT2D eigenvalue weighted by Gasteiger charge is -2.31. The molecule has 164 valence electrons. The highest BCUT2D eigenvalue weighted by Gasteiger charge is 2.35. The normalized spacial score (nSPS) is 22.9. The van der Waals surface area contributed by atoms with Crippen molar-refractivity contribution in [3.8, 4) is 0 Å². The number of ether oxygens (including phenoxy) is 2. The van der Waals surface area contributed by atoms with Gasteiger partial charge in [0, 0.05) is 17.6 Å². The maximum atomic E-state index is 12.4. The molecule has 3 rings (SSSR count). The van der Waals surface area contributed by atoms with Crippen molar-refractivity contribution in [2.75, 3.05) is 6.61 Å². The highest BCUT2D eigenvalue weighted by molar-refractivity contribution is 6.31. The van der Waals surface area contributed by atoms with E-state index < -0.39 is 35.8 Å². The van der Waals surface area contributed by atoms with E-state index in [9.17, 15) is 19.8 Å². The Bertz CT molecular complexity index is 996. The van der Waals surface area contributed by atoms with Crippen molar-refractivity contribution in [3.63, 3.8) is 0 Å². The second-order valence-electron chi connectivity index (χ2n) is 8.51. The minimum absolute atomic E-state index is 0.0541. The first-order valence-electron chi connectivity index (χ1n) is 9.76. The van der Waals surface area contributed by atoms with Gasteiger partial charge in [0.1, 0.15) is 12.3 Å². The Balaban J connectivity index is 1.86. The standard InChI is InChI=1S/C21H27ClN2O6/c1-21(2,3)18(13-6-4-5-7-14(13)22)29-11-12-9-24(20(28)23-19(12)27)17-8-15(26)16(10-25)30-17/h4-7,9,15-18,25-26H,8,10-11H2,1-3H3,(H,23,27,28)/t15-,16+,17+,18?/m0/s1. The summed E-state index contributed by atoms with van der Waals surface area (Å²) in [4.78, 5) is 26.9. The van der Waals surface area contributed by atoms with Crippen molar-refractivity contribution < 1.29 is 19.7 Å². The quantitative estimate of drug-likeness (QED) is 0.636. The van der Waals surface area contributed by atoms with E-state index in [4.69, 9.17) is 21.1 Å². The largest absolute Gasteiger partial charge is 0.394 e. The fourth-order valence-corrected chi connectivity index (χ4v) is 3.80. The van der Waals surface area contributed by atoms with Crippen LogP contribution in [0.2, 0.25) is 5.02 Å². The van der Waals surface area contributed by atoms with Crippen LogP contribution in [0.3, 0.4) is 0 Å². The number of halogens is 1. The maximum Gasteiger partial charge on any atom is 0.330 e. The molecule has 0 bridgehead atoms. The minimum atomic E-state index is -0.899. The zero-order chi connectivity index (χ0) is 22.1. The van der Waals surface area contributed by atoms with Gasteiger partial charge in [0.2, 0.25) is 0 Å². The molecule has 0 amide bonds. The van der Waals surface area contributed by atoms with Gasteiger partial charge in [-0.2, -0.15) is 0 Å². The molecule has 8 nitrogen and oxygen atoms in total. The summed E-state index contributed by atoms with van der Waals surface area (Å²) in [6, 6.07) is 7.37. The summed E-state index contributed by atoms with van der Waals surface area (Å²) in [5.74, 6) is 0. The third kappa shape index (κ3) is 4.84. The van der Waals surface area contributed by atoms with Crippen LogP contribution in [0.25, 0.3) is 0 Å². The van der Waals surface area contributed by atoms with Gasteiger partial charge in [-0.05, 0) is 17.0 Å². The number of nitrogens with one attached hydrogen (secondary N) is 1. The number of nitrogens with zero attached hydrogens (tertiary/aromatic N) is 1. The molecule has 4 atom stereocenters. The third-order valence-electron chi connectivity index (χ3n) is 5.12. The van der Waals surface area contributed by atoms with Crippen LogP contribution in [-0.4, -0.2) is 38.6 Å². The summed E-state index contributed by atoms with van der Waals surface area (Å²) >= 11 is 6.36. The van der Waals surface area contributed by atoms with Crippen molar-refractivity contribution >= 4 is 11.6 Å². The van der Waals surface area contributed by atoms with Crippen LogP contribution >= 0.6 is 11.6 Å². The Morgan fingerprint density at radius 1 is 1.33 bits per heavy atom. The minimum Gasteiger partial charge on any atom is -0.394 e. The van der Waals surface area contributed by atoms with Gasteiger partial charge in [-0.1, -0.05) is 50.6 Å². The topological polar surface area (TPSA) is 114 Å². The van der Waals surface area contributed by atoms with Crippen molar-refractivity contribution in [1.29, 1.82) is 0 Å². The lowest BCUT2D eigenvalue weighted by Crippen LogP contribution is -2.35. The molecular formula is C21H27ClN2O6. The van der Waals surface area contributed by atoms with Crippen LogP contribution in [0.5, 0.6) is 0 Å². The number of rotatable bonds is 6. The first-order chi connectivity index (χ1) is 14.1. The zero-order valence-corrected chi connectivity index (χ0v) is 17.9. The first-order valence-corrected chi connectivity index (χ1v) is 10.1. The van der Waals surface area contributed by atoms with Gasteiger partial charge in [0.25, 0.3) is 5.56 Å². The number of H-pyrrole nitrogens is 1. The Morgan fingerprint density at radius 2 is 2.03 bits per heavy atom. The smallest absolute Gasteiger partial charge is 0.330 e. The van der Waals surface area contributed by atoms with E-state index in [0.717, 1.165) is 5.56 Å². The Morgan fingerprint density at radius 3 is 2.63 bits per heavy atom. The van der Waals surface area contributed by atoms with Crippen molar-refractivity contribution in [3.05, 3.63) is 67.4 Å². The lowest BCUT2D eigenvalue weighted by atomic mass is 9.84. The van der Waals surface area contributed by atoms with E-state index in [0.29, 0.717) is 5.02 Å². The van der Waals surface area contributed by atoms with Gasteiger partial charge < -0.3 is 19.7 Å². The van der Waals surface area contributed by atoms with E-state index in [1.807, 2.05) is 39.0 Å². The summed E-state index contributed by atoms with van der Waals surface area (Å²) in [6.45, 7) is 5.61. The van der Waals surface area contributed by atoms with E-state index in [2.05, 4.69) is 4.98 Å². The molecular weight excluding hydrogens is 412 g/mol. The van der Waals surface area contributed by atoms with Crippen LogP contribution < -0.4 is 11.2 Å². The molecule has 0 saturated carbocycles. The molecule has 0 aliphatic carbocycles. The fourth-order valence-electron chi connectivity index (χ4n) is 3.56.